The molecule has 0 atom stereocenters. The van der Waals surface area contributed by atoms with E-state index in [9.17, 15) is 14.0 Å². The number of ketones is 1. The fraction of sp³-hybridized carbons (Fsp3) is 0.200. The largest absolute Gasteiger partial charge is 0.395 e. The summed E-state index contributed by atoms with van der Waals surface area (Å²) in [6, 6.07) is 8.18. The van der Waals surface area contributed by atoms with E-state index in [1.807, 2.05) is 25.1 Å². The van der Waals surface area contributed by atoms with Crippen LogP contribution in [0.15, 0.2) is 49.2 Å². The molecule has 0 bridgehead atoms. The van der Waals surface area contributed by atoms with Crippen molar-refractivity contribution in [3.63, 3.8) is 0 Å². The lowest BCUT2D eigenvalue weighted by Crippen LogP contribution is -2.27. The van der Waals surface area contributed by atoms with E-state index in [1.165, 1.54) is 24.4 Å². The van der Waals surface area contributed by atoms with Crippen LogP contribution in [0.25, 0.3) is 0 Å². The molecule has 0 unspecified atom stereocenters. The standard InChI is InChI=1S/C25H25ClFN5O3/c1-4-17(34)11-16-9-14(2)5-6-21(16)30-23-19(26)13-29-25(32-23)31-22-12-18(20(27)10-15(22)3)24(35)28-7-8-33/h4-6,9-10,12-13,33H,1,7-8,11H2,2-3H3,(H,28,35)(H2,29,30,31,32). The highest BCUT2D eigenvalue weighted by molar-refractivity contribution is 6.33. The van der Waals surface area contributed by atoms with Gasteiger partial charge in [0.15, 0.2) is 11.6 Å². The predicted octanol–water partition coefficient (Wildman–Crippen LogP) is 4.39. The lowest BCUT2D eigenvalue weighted by Gasteiger charge is -2.15. The number of hydrogen-bond acceptors (Lipinski definition) is 7. The molecule has 2 aromatic carbocycles. The van der Waals surface area contributed by atoms with Gasteiger partial charge in [-0.2, -0.15) is 4.98 Å². The lowest BCUT2D eigenvalue weighted by atomic mass is 10.0. The number of benzene rings is 2. The van der Waals surface area contributed by atoms with Crippen molar-refractivity contribution in [1.29, 1.82) is 0 Å². The Hall–Kier alpha value is -3.82. The van der Waals surface area contributed by atoms with Crippen LogP contribution in [-0.2, 0) is 11.2 Å². The van der Waals surface area contributed by atoms with Crippen LogP contribution < -0.4 is 16.0 Å². The molecule has 0 aliphatic rings. The number of aliphatic hydroxyl groups excluding tert-OH is 1. The third kappa shape index (κ3) is 6.62. The minimum atomic E-state index is -0.691. The molecular formula is C25H25ClFN5O3. The summed E-state index contributed by atoms with van der Waals surface area (Å²) in [4.78, 5) is 32.7. The van der Waals surface area contributed by atoms with Crippen LogP contribution in [-0.4, -0.2) is 39.9 Å². The maximum Gasteiger partial charge on any atom is 0.254 e. The van der Waals surface area contributed by atoms with Gasteiger partial charge in [0.2, 0.25) is 5.95 Å². The summed E-state index contributed by atoms with van der Waals surface area (Å²) < 4.78 is 14.3. The number of aryl methyl sites for hydroxylation is 2. The first-order valence-corrected chi connectivity index (χ1v) is 11.1. The van der Waals surface area contributed by atoms with Crippen LogP contribution in [0.5, 0.6) is 0 Å². The van der Waals surface area contributed by atoms with Crippen molar-refractivity contribution in [1.82, 2.24) is 15.3 Å². The first kappa shape index (κ1) is 25.8. The third-order valence-electron chi connectivity index (χ3n) is 5.05. The lowest BCUT2D eigenvalue weighted by molar-refractivity contribution is -0.114. The van der Waals surface area contributed by atoms with Crippen molar-refractivity contribution >= 4 is 46.4 Å². The van der Waals surface area contributed by atoms with Gasteiger partial charge in [-0.15, -0.1) is 0 Å². The molecule has 3 rings (SSSR count). The zero-order valence-electron chi connectivity index (χ0n) is 19.3. The van der Waals surface area contributed by atoms with Crippen LogP contribution in [0.4, 0.5) is 27.5 Å². The van der Waals surface area contributed by atoms with Gasteiger partial charge >= 0.3 is 0 Å². The Morgan fingerprint density at radius 2 is 1.94 bits per heavy atom. The molecule has 3 aromatic rings. The second-order valence-electron chi connectivity index (χ2n) is 7.77. The Labute approximate surface area is 207 Å². The Morgan fingerprint density at radius 3 is 2.66 bits per heavy atom. The van der Waals surface area contributed by atoms with Crippen molar-refractivity contribution < 1.29 is 19.1 Å². The fourth-order valence-electron chi connectivity index (χ4n) is 3.26. The third-order valence-corrected chi connectivity index (χ3v) is 5.33. The monoisotopic (exact) mass is 497 g/mol. The maximum atomic E-state index is 14.3. The molecule has 0 saturated heterocycles. The van der Waals surface area contributed by atoms with Crippen molar-refractivity contribution in [2.75, 3.05) is 23.8 Å². The summed E-state index contributed by atoms with van der Waals surface area (Å²) in [5, 5.41) is 17.7. The van der Waals surface area contributed by atoms with E-state index < -0.39 is 11.7 Å². The summed E-state index contributed by atoms with van der Waals surface area (Å²) in [7, 11) is 0. The first-order chi connectivity index (χ1) is 16.7. The number of aromatic nitrogens is 2. The van der Waals surface area contributed by atoms with Gasteiger partial charge in [0.25, 0.3) is 5.91 Å². The fourth-order valence-corrected chi connectivity index (χ4v) is 3.40. The molecular weight excluding hydrogens is 473 g/mol. The Kier molecular flexibility index (Phi) is 8.51. The molecule has 1 amide bonds. The highest BCUT2D eigenvalue weighted by atomic mass is 35.5. The molecule has 35 heavy (non-hydrogen) atoms. The van der Waals surface area contributed by atoms with E-state index in [0.717, 1.165) is 11.1 Å². The second-order valence-corrected chi connectivity index (χ2v) is 8.18. The molecule has 0 aliphatic carbocycles. The molecule has 1 heterocycles. The average molecular weight is 498 g/mol. The topological polar surface area (TPSA) is 116 Å². The van der Waals surface area contributed by atoms with Crippen molar-refractivity contribution in [3.8, 4) is 0 Å². The van der Waals surface area contributed by atoms with Gasteiger partial charge in [0.05, 0.1) is 18.4 Å². The molecule has 0 fully saturated rings. The number of nitrogens with one attached hydrogen (secondary N) is 3. The number of allylic oxidation sites excluding steroid dienone is 1. The van der Waals surface area contributed by atoms with Crippen LogP contribution in [0.2, 0.25) is 5.02 Å². The van der Waals surface area contributed by atoms with E-state index in [0.29, 0.717) is 22.8 Å². The van der Waals surface area contributed by atoms with Crippen molar-refractivity contribution in [2.45, 2.75) is 20.3 Å². The molecule has 0 spiro atoms. The van der Waals surface area contributed by atoms with E-state index in [2.05, 4.69) is 32.5 Å². The van der Waals surface area contributed by atoms with Crippen LogP contribution >= 0.6 is 11.6 Å². The van der Waals surface area contributed by atoms with Crippen molar-refractivity contribution in [3.05, 3.63) is 82.3 Å². The van der Waals surface area contributed by atoms with Gasteiger partial charge in [0.1, 0.15) is 10.8 Å². The van der Waals surface area contributed by atoms with Gasteiger partial charge in [-0.3, -0.25) is 9.59 Å². The summed E-state index contributed by atoms with van der Waals surface area (Å²) >= 11 is 6.31. The molecule has 0 aliphatic heterocycles. The van der Waals surface area contributed by atoms with Crippen LogP contribution in [0.3, 0.4) is 0 Å². The smallest absolute Gasteiger partial charge is 0.254 e. The Balaban J connectivity index is 1.90. The SMILES string of the molecule is C=CC(=O)Cc1cc(C)ccc1Nc1nc(Nc2cc(C(=O)NCCO)c(F)cc2C)ncc1Cl. The molecule has 0 radical (unpaired) electrons. The molecule has 1 aromatic heterocycles. The zero-order chi connectivity index (χ0) is 25.5. The predicted molar refractivity (Wildman–Crippen MR) is 134 cm³/mol. The van der Waals surface area contributed by atoms with Crippen molar-refractivity contribution in [2.24, 2.45) is 0 Å². The number of rotatable bonds is 10. The van der Waals surface area contributed by atoms with Gasteiger partial charge < -0.3 is 21.1 Å². The highest BCUT2D eigenvalue weighted by Gasteiger charge is 2.16. The van der Waals surface area contributed by atoms with Crippen LogP contribution in [0, 0.1) is 19.7 Å². The molecule has 0 saturated carbocycles. The molecule has 182 valence electrons. The summed E-state index contributed by atoms with van der Waals surface area (Å²) in [5.41, 5.74) is 3.16. The van der Waals surface area contributed by atoms with Gasteiger partial charge in [0, 0.05) is 24.3 Å². The zero-order valence-corrected chi connectivity index (χ0v) is 20.0. The number of aliphatic hydroxyl groups is 1. The number of amides is 1. The number of halogens is 2. The normalized spacial score (nSPS) is 10.5. The van der Waals surface area contributed by atoms with Gasteiger partial charge in [-0.1, -0.05) is 35.9 Å². The maximum absolute atomic E-state index is 14.3. The number of anilines is 4. The second kappa shape index (κ2) is 11.5. The summed E-state index contributed by atoms with van der Waals surface area (Å²) in [5.74, 6) is -1.02. The Bertz CT molecular complexity index is 1280. The summed E-state index contributed by atoms with van der Waals surface area (Å²) in [6.07, 6.45) is 2.84. The quantitative estimate of drug-likeness (QED) is 0.307. The molecule has 8 nitrogen and oxygen atoms in total. The van der Waals surface area contributed by atoms with E-state index in [4.69, 9.17) is 16.7 Å². The summed E-state index contributed by atoms with van der Waals surface area (Å²) in [6.45, 7) is 6.86. The number of carbonyl (C=O) groups is 2. The van der Waals surface area contributed by atoms with Crippen LogP contribution in [0.1, 0.15) is 27.0 Å². The van der Waals surface area contributed by atoms with Gasteiger partial charge in [-0.25, -0.2) is 9.37 Å². The van der Waals surface area contributed by atoms with E-state index >= 15 is 0 Å². The minimum Gasteiger partial charge on any atom is -0.395 e. The van der Waals surface area contributed by atoms with Gasteiger partial charge in [-0.05, 0) is 49.2 Å². The first-order valence-electron chi connectivity index (χ1n) is 10.7. The van der Waals surface area contributed by atoms with E-state index in [1.54, 1.807) is 6.92 Å². The number of hydrogen-bond donors (Lipinski definition) is 4. The molecule has 10 heteroatoms. The average Bonchev–Trinajstić information content (AvgIpc) is 2.82. The molecule has 4 N–H and O–H groups in total. The van der Waals surface area contributed by atoms with E-state index in [-0.39, 0.29) is 41.9 Å². The highest BCUT2D eigenvalue weighted by Crippen LogP contribution is 2.29. The number of nitrogens with zero attached hydrogens (tertiary/aromatic N) is 2. The minimum absolute atomic E-state index is 0.00360. The number of carbonyl (C=O) groups excluding carboxylic acids is 2. The Morgan fingerprint density at radius 1 is 1.17 bits per heavy atom.